The Morgan fingerprint density at radius 3 is 2.96 bits per heavy atom. The smallest absolute Gasteiger partial charge is 0.254 e. The number of hydrogen-bond donors (Lipinski definition) is 1. The Balaban J connectivity index is 1.72. The van der Waals surface area contributed by atoms with Gasteiger partial charge in [-0.25, -0.2) is 4.98 Å². The van der Waals surface area contributed by atoms with Crippen molar-refractivity contribution in [3.05, 3.63) is 41.4 Å². The average molecular weight is 343 g/mol. The van der Waals surface area contributed by atoms with E-state index in [9.17, 15) is 4.79 Å². The molecule has 0 bridgehead atoms. The Kier molecular flexibility index (Phi) is 4.88. The number of amides is 1. The highest BCUT2D eigenvalue weighted by molar-refractivity contribution is 5.95. The molecule has 0 aliphatic carbocycles. The fourth-order valence-corrected chi connectivity index (χ4v) is 3.15. The second kappa shape index (κ2) is 7.09. The van der Waals surface area contributed by atoms with Gasteiger partial charge in [-0.2, -0.15) is 5.26 Å². The van der Waals surface area contributed by atoms with Crippen molar-refractivity contribution in [2.24, 2.45) is 7.05 Å². The first-order chi connectivity index (χ1) is 12.0. The molecule has 8 nitrogen and oxygen atoms in total. The highest BCUT2D eigenvalue weighted by atomic mass is 16.5. The molecule has 3 rings (SSSR count). The summed E-state index contributed by atoms with van der Waals surface area (Å²) in [6.07, 6.45) is 3.39. The summed E-state index contributed by atoms with van der Waals surface area (Å²) in [4.78, 5) is 18.8. The van der Waals surface area contributed by atoms with Gasteiger partial charge in [0.2, 0.25) is 5.76 Å². The normalized spacial score (nSPS) is 21.0. The van der Waals surface area contributed by atoms with Gasteiger partial charge in [0.15, 0.2) is 0 Å². The van der Waals surface area contributed by atoms with Crippen LogP contribution in [0.4, 0.5) is 0 Å². The molecule has 2 atom stereocenters. The number of ether oxygens (including phenoxy) is 1. The van der Waals surface area contributed by atoms with Crippen molar-refractivity contribution in [3.63, 3.8) is 0 Å². The Bertz CT molecular complexity index is 804. The summed E-state index contributed by atoms with van der Waals surface area (Å²) in [7, 11) is 3.98. The van der Waals surface area contributed by atoms with Crippen LogP contribution in [0.1, 0.15) is 33.6 Å². The number of nitriles is 1. The molecule has 0 unspecified atom stereocenters. The number of furan rings is 1. The van der Waals surface area contributed by atoms with Crippen LogP contribution in [0.5, 0.6) is 0 Å². The van der Waals surface area contributed by atoms with E-state index in [0.29, 0.717) is 24.5 Å². The third-order valence-electron chi connectivity index (χ3n) is 4.50. The molecule has 0 radical (unpaired) electrons. The minimum atomic E-state index is -0.275. The lowest BCUT2D eigenvalue weighted by Crippen LogP contribution is -2.48. The first kappa shape index (κ1) is 17.2. The number of rotatable bonds is 4. The lowest BCUT2D eigenvalue weighted by molar-refractivity contribution is -0.0626. The van der Waals surface area contributed by atoms with Gasteiger partial charge >= 0.3 is 0 Å². The quantitative estimate of drug-likeness (QED) is 0.889. The van der Waals surface area contributed by atoms with E-state index < -0.39 is 0 Å². The highest BCUT2D eigenvalue weighted by Crippen LogP contribution is 2.27. The summed E-state index contributed by atoms with van der Waals surface area (Å²) in [5.41, 5.74) is 1.41. The first-order valence-electron chi connectivity index (χ1n) is 8.08. The maximum atomic E-state index is 12.4. The molecule has 25 heavy (non-hydrogen) atoms. The summed E-state index contributed by atoms with van der Waals surface area (Å²) in [5.74, 6) is 0.284. The number of carbonyl (C=O) groups is 1. The summed E-state index contributed by atoms with van der Waals surface area (Å²) < 4.78 is 13.1. The van der Waals surface area contributed by atoms with Gasteiger partial charge in [0.1, 0.15) is 11.8 Å². The lowest BCUT2D eigenvalue weighted by atomic mass is 10.0. The first-order valence-corrected chi connectivity index (χ1v) is 8.08. The molecule has 1 amide bonds. The molecule has 1 fully saturated rings. The zero-order chi connectivity index (χ0) is 18.0. The topological polar surface area (TPSA) is 96.3 Å². The Morgan fingerprint density at radius 2 is 2.32 bits per heavy atom. The summed E-state index contributed by atoms with van der Waals surface area (Å²) in [5, 5.41) is 11.8. The van der Waals surface area contributed by atoms with E-state index in [1.807, 2.05) is 30.9 Å². The van der Waals surface area contributed by atoms with E-state index in [1.54, 1.807) is 13.3 Å². The number of nitrogens with one attached hydrogen (secondary N) is 1. The second-order valence-corrected chi connectivity index (χ2v) is 6.17. The molecule has 0 spiro atoms. The van der Waals surface area contributed by atoms with Crippen LogP contribution in [0, 0.1) is 18.3 Å². The minimum Gasteiger partial charge on any atom is -0.450 e. The molecular formula is C17H21N5O3. The van der Waals surface area contributed by atoms with Crippen molar-refractivity contribution in [2.75, 3.05) is 26.7 Å². The van der Waals surface area contributed by atoms with E-state index in [1.165, 1.54) is 6.07 Å². The Labute approximate surface area is 146 Å². The van der Waals surface area contributed by atoms with E-state index in [4.69, 9.17) is 14.4 Å². The number of morpholine rings is 1. The van der Waals surface area contributed by atoms with Crippen molar-refractivity contribution in [1.82, 2.24) is 19.8 Å². The van der Waals surface area contributed by atoms with Gasteiger partial charge in [-0.3, -0.25) is 9.69 Å². The molecule has 132 valence electrons. The number of carbonyl (C=O) groups excluding carboxylic acids is 1. The van der Waals surface area contributed by atoms with Gasteiger partial charge < -0.3 is 19.0 Å². The summed E-state index contributed by atoms with van der Waals surface area (Å²) >= 11 is 0. The molecule has 2 aromatic rings. The number of nitrogens with zero attached hydrogens (tertiary/aromatic N) is 4. The SMILES string of the molecule is Cc1oc(C#N)cc1C(=O)NC[C@@H]1OCCN(C)[C@H]1c1cncn1C. The maximum Gasteiger partial charge on any atom is 0.254 e. The molecule has 1 aliphatic heterocycles. The van der Waals surface area contributed by atoms with Gasteiger partial charge in [-0.05, 0) is 14.0 Å². The predicted octanol–water partition coefficient (Wildman–Crippen LogP) is 0.995. The van der Waals surface area contributed by atoms with Crippen molar-refractivity contribution in [2.45, 2.75) is 19.1 Å². The predicted molar refractivity (Wildman–Crippen MR) is 88.8 cm³/mol. The van der Waals surface area contributed by atoms with Crippen LogP contribution in [-0.4, -0.2) is 53.2 Å². The average Bonchev–Trinajstić information content (AvgIpc) is 3.18. The molecule has 3 heterocycles. The zero-order valence-corrected chi connectivity index (χ0v) is 14.5. The molecule has 0 saturated carbocycles. The van der Waals surface area contributed by atoms with Crippen LogP contribution < -0.4 is 5.32 Å². The standard InChI is InChI=1S/C17H21N5O3/c1-11-13(6-12(7-18)25-11)17(23)20-9-15-16(21(2)4-5-24-15)14-8-19-10-22(14)3/h6,8,10,15-16H,4-5,9H2,1-3H3,(H,20,23)/t15-,16-/m0/s1. The van der Waals surface area contributed by atoms with Gasteiger partial charge in [0, 0.05) is 32.4 Å². The van der Waals surface area contributed by atoms with Crippen LogP contribution in [-0.2, 0) is 11.8 Å². The highest BCUT2D eigenvalue weighted by Gasteiger charge is 2.33. The fraction of sp³-hybridized carbons (Fsp3) is 0.471. The number of hydrogen-bond acceptors (Lipinski definition) is 6. The largest absolute Gasteiger partial charge is 0.450 e. The third-order valence-corrected chi connectivity index (χ3v) is 4.50. The van der Waals surface area contributed by atoms with E-state index in [-0.39, 0.29) is 23.8 Å². The van der Waals surface area contributed by atoms with Crippen molar-refractivity contribution in [3.8, 4) is 6.07 Å². The van der Waals surface area contributed by atoms with Gasteiger partial charge in [-0.1, -0.05) is 0 Å². The fourth-order valence-electron chi connectivity index (χ4n) is 3.15. The monoisotopic (exact) mass is 343 g/mol. The number of aryl methyl sites for hydroxylation is 2. The molecule has 2 aromatic heterocycles. The Hall–Kier alpha value is -2.63. The molecule has 1 N–H and O–H groups in total. The van der Waals surface area contributed by atoms with Crippen LogP contribution >= 0.6 is 0 Å². The molecular weight excluding hydrogens is 322 g/mol. The summed E-state index contributed by atoms with van der Waals surface area (Å²) in [6.45, 7) is 3.44. The van der Waals surface area contributed by atoms with Crippen molar-refractivity contribution in [1.29, 1.82) is 5.26 Å². The van der Waals surface area contributed by atoms with Gasteiger partial charge in [0.25, 0.3) is 5.91 Å². The van der Waals surface area contributed by atoms with Crippen LogP contribution in [0.2, 0.25) is 0 Å². The lowest BCUT2D eigenvalue weighted by Gasteiger charge is -2.39. The molecule has 1 aliphatic rings. The van der Waals surface area contributed by atoms with Gasteiger partial charge in [-0.15, -0.1) is 0 Å². The number of aromatic nitrogens is 2. The van der Waals surface area contributed by atoms with E-state index in [0.717, 1.165) is 12.2 Å². The minimum absolute atomic E-state index is 0.00154. The van der Waals surface area contributed by atoms with Crippen LogP contribution in [0.15, 0.2) is 23.0 Å². The Morgan fingerprint density at radius 1 is 1.52 bits per heavy atom. The number of imidazole rings is 1. The van der Waals surface area contributed by atoms with Crippen LogP contribution in [0.25, 0.3) is 0 Å². The van der Waals surface area contributed by atoms with Crippen LogP contribution in [0.3, 0.4) is 0 Å². The second-order valence-electron chi connectivity index (χ2n) is 6.17. The molecule has 8 heteroatoms. The molecule has 0 aromatic carbocycles. The zero-order valence-electron chi connectivity index (χ0n) is 14.5. The number of likely N-dealkylation sites (N-methyl/N-ethyl adjacent to an activating group) is 1. The maximum absolute atomic E-state index is 12.4. The van der Waals surface area contributed by atoms with E-state index in [2.05, 4.69) is 15.2 Å². The van der Waals surface area contributed by atoms with Crippen molar-refractivity contribution < 1.29 is 13.9 Å². The van der Waals surface area contributed by atoms with Crippen molar-refractivity contribution >= 4 is 5.91 Å². The third kappa shape index (κ3) is 3.43. The summed E-state index contributed by atoms with van der Waals surface area (Å²) in [6, 6.07) is 3.36. The van der Waals surface area contributed by atoms with Gasteiger partial charge in [0.05, 0.1) is 36.3 Å². The molecule has 1 saturated heterocycles. The van der Waals surface area contributed by atoms with E-state index >= 15 is 0 Å².